The number of carbonyl (C=O) groups excluding carboxylic acids is 2. The average molecular weight is 413 g/mol. The van der Waals surface area contributed by atoms with Crippen LogP contribution in [-0.4, -0.2) is 32.8 Å². The van der Waals surface area contributed by atoms with Gasteiger partial charge in [0.15, 0.2) is 0 Å². The van der Waals surface area contributed by atoms with Crippen molar-refractivity contribution < 1.29 is 18.0 Å². The molecule has 2 N–H and O–H groups in total. The minimum absolute atomic E-state index is 0.00116. The number of sulfonamides is 1. The van der Waals surface area contributed by atoms with Crippen LogP contribution in [0.4, 0.5) is 5.69 Å². The van der Waals surface area contributed by atoms with E-state index < -0.39 is 10.0 Å². The summed E-state index contributed by atoms with van der Waals surface area (Å²) in [5.74, 6) is -0.208. The SMILES string of the molecule is CC(=O)N1CCc2cc(C(=O)NCc3ccc(S(=O)(=O)NC4CC4)cc3)ccc21. The number of nitrogens with zero attached hydrogens (tertiary/aromatic N) is 1. The maximum absolute atomic E-state index is 12.5. The minimum atomic E-state index is -3.47. The van der Waals surface area contributed by atoms with Crippen LogP contribution in [0.5, 0.6) is 0 Å². The van der Waals surface area contributed by atoms with Crippen molar-refractivity contribution in [2.75, 3.05) is 11.4 Å². The second-order valence-corrected chi connectivity index (χ2v) is 9.20. The van der Waals surface area contributed by atoms with E-state index in [0.717, 1.165) is 36.1 Å². The quantitative estimate of drug-likeness (QED) is 0.757. The first-order chi connectivity index (χ1) is 13.8. The molecule has 4 rings (SSSR count). The number of nitrogens with one attached hydrogen (secondary N) is 2. The molecular weight excluding hydrogens is 390 g/mol. The molecule has 0 radical (unpaired) electrons. The third kappa shape index (κ3) is 4.33. The van der Waals surface area contributed by atoms with Gasteiger partial charge < -0.3 is 10.2 Å². The molecule has 2 aromatic carbocycles. The standard InChI is InChI=1S/C21H23N3O4S/c1-14(25)24-11-10-16-12-17(4-9-20(16)24)21(26)22-13-15-2-7-19(8-3-15)29(27,28)23-18-5-6-18/h2-4,7-9,12,18,23H,5-6,10-11,13H2,1H3,(H,22,26). The van der Waals surface area contributed by atoms with Crippen LogP contribution in [0.25, 0.3) is 0 Å². The zero-order valence-corrected chi connectivity index (χ0v) is 17.0. The summed E-state index contributed by atoms with van der Waals surface area (Å²) in [5.41, 5.74) is 3.21. The van der Waals surface area contributed by atoms with Gasteiger partial charge in [-0.2, -0.15) is 0 Å². The smallest absolute Gasteiger partial charge is 0.251 e. The lowest BCUT2D eigenvalue weighted by Gasteiger charge is -2.14. The van der Waals surface area contributed by atoms with Crippen molar-refractivity contribution in [3.8, 4) is 0 Å². The molecule has 1 saturated carbocycles. The van der Waals surface area contributed by atoms with Gasteiger partial charge in [0.2, 0.25) is 15.9 Å². The van der Waals surface area contributed by atoms with E-state index in [0.29, 0.717) is 18.7 Å². The lowest BCUT2D eigenvalue weighted by molar-refractivity contribution is -0.116. The first kappa shape index (κ1) is 19.6. The van der Waals surface area contributed by atoms with E-state index >= 15 is 0 Å². The Morgan fingerprint density at radius 1 is 1.10 bits per heavy atom. The van der Waals surface area contributed by atoms with Crippen LogP contribution < -0.4 is 14.9 Å². The third-order valence-electron chi connectivity index (χ3n) is 5.20. The lowest BCUT2D eigenvalue weighted by atomic mass is 10.1. The van der Waals surface area contributed by atoms with Crippen molar-refractivity contribution >= 4 is 27.5 Å². The van der Waals surface area contributed by atoms with Crippen LogP contribution in [0.3, 0.4) is 0 Å². The fourth-order valence-corrected chi connectivity index (χ4v) is 4.73. The summed E-state index contributed by atoms with van der Waals surface area (Å²) in [6, 6.07) is 11.9. The van der Waals surface area contributed by atoms with Crippen molar-refractivity contribution in [3.05, 3.63) is 59.2 Å². The number of anilines is 1. The fraction of sp³-hybridized carbons (Fsp3) is 0.333. The summed E-state index contributed by atoms with van der Waals surface area (Å²) in [5, 5.41) is 2.86. The summed E-state index contributed by atoms with van der Waals surface area (Å²) >= 11 is 0. The number of hydrogen-bond acceptors (Lipinski definition) is 4. The first-order valence-electron chi connectivity index (χ1n) is 9.64. The van der Waals surface area contributed by atoms with Crippen LogP contribution >= 0.6 is 0 Å². The Morgan fingerprint density at radius 2 is 1.83 bits per heavy atom. The van der Waals surface area contributed by atoms with Gasteiger partial charge in [-0.3, -0.25) is 9.59 Å². The van der Waals surface area contributed by atoms with E-state index in [9.17, 15) is 18.0 Å². The van der Waals surface area contributed by atoms with Gasteiger partial charge in [0, 0.05) is 37.3 Å². The van der Waals surface area contributed by atoms with Crippen LogP contribution in [0.15, 0.2) is 47.4 Å². The molecule has 152 valence electrons. The summed E-state index contributed by atoms with van der Waals surface area (Å²) in [4.78, 5) is 26.1. The molecule has 29 heavy (non-hydrogen) atoms. The number of fused-ring (bicyclic) bond motifs is 1. The maximum atomic E-state index is 12.5. The van der Waals surface area contributed by atoms with Crippen molar-refractivity contribution in [3.63, 3.8) is 0 Å². The van der Waals surface area contributed by atoms with E-state index in [1.807, 2.05) is 12.1 Å². The highest BCUT2D eigenvalue weighted by atomic mass is 32.2. The molecule has 2 aromatic rings. The molecule has 0 atom stereocenters. The molecule has 2 amide bonds. The highest BCUT2D eigenvalue weighted by Crippen LogP contribution is 2.29. The highest BCUT2D eigenvalue weighted by Gasteiger charge is 2.28. The van der Waals surface area contributed by atoms with Crippen molar-refractivity contribution in [1.82, 2.24) is 10.0 Å². The predicted octanol–water partition coefficient (Wildman–Crippen LogP) is 1.97. The molecule has 0 saturated heterocycles. The molecule has 1 heterocycles. The van der Waals surface area contributed by atoms with Gasteiger partial charge in [-0.1, -0.05) is 12.1 Å². The van der Waals surface area contributed by atoms with Gasteiger partial charge >= 0.3 is 0 Å². The van der Waals surface area contributed by atoms with Gasteiger partial charge in [0.1, 0.15) is 0 Å². The number of carbonyl (C=O) groups is 2. The molecule has 0 aromatic heterocycles. The Bertz CT molecular complexity index is 1060. The Labute approximate surface area is 170 Å². The maximum Gasteiger partial charge on any atom is 0.251 e. The molecule has 0 spiro atoms. The van der Waals surface area contributed by atoms with Gasteiger partial charge in [-0.05, 0) is 60.7 Å². The van der Waals surface area contributed by atoms with E-state index in [4.69, 9.17) is 0 Å². The average Bonchev–Trinajstić information content (AvgIpc) is 3.39. The second kappa shape index (κ2) is 7.61. The van der Waals surface area contributed by atoms with Crippen molar-refractivity contribution in [2.45, 2.75) is 43.7 Å². The summed E-state index contributed by atoms with van der Waals surface area (Å²) in [6.07, 6.45) is 2.51. The van der Waals surface area contributed by atoms with Gasteiger partial charge in [0.05, 0.1) is 4.90 Å². The van der Waals surface area contributed by atoms with Crippen LogP contribution in [0, 0.1) is 0 Å². The molecular formula is C21H23N3O4S. The fourth-order valence-electron chi connectivity index (χ4n) is 3.43. The summed E-state index contributed by atoms with van der Waals surface area (Å²) in [7, 11) is -3.47. The van der Waals surface area contributed by atoms with E-state index in [2.05, 4.69) is 10.0 Å². The van der Waals surface area contributed by atoms with E-state index in [1.165, 1.54) is 6.92 Å². The molecule has 8 heteroatoms. The summed E-state index contributed by atoms with van der Waals surface area (Å²) < 4.78 is 27.0. The van der Waals surface area contributed by atoms with Crippen molar-refractivity contribution in [2.24, 2.45) is 0 Å². The molecule has 0 unspecified atom stereocenters. The number of rotatable bonds is 6. The van der Waals surface area contributed by atoms with Gasteiger partial charge in [-0.15, -0.1) is 0 Å². The number of benzene rings is 2. The predicted molar refractivity (Wildman–Crippen MR) is 109 cm³/mol. The largest absolute Gasteiger partial charge is 0.348 e. The Hall–Kier alpha value is -2.71. The lowest BCUT2D eigenvalue weighted by Crippen LogP contribution is -2.26. The topological polar surface area (TPSA) is 95.6 Å². The third-order valence-corrected chi connectivity index (χ3v) is 6.74. The normalized spacial score (nSPS) is 15.8. The Kier molecular flexibility index (Phi) is 5.14. The van der Waals surface area contributed by atoms with Crippen LogP contribution in [-0.2, 0) is 27.8 Å². The van der Waals surface area contributed by atoms with Gasteiger partial charge in [-0.25, -0.2) is 13.1 Å². The molecule has 2 aliphatic rings. The monoisotopic (exact) mass is 413 g/mol. The van der Waals surface area contributed by atoms with Crippen LogP contribution in [0.1, 0.15) is 41.3 Å². The molecule has 1 aliphatic carbocycles. The van der Waals surface area contributed by atoms with E-state index in [1.54, 1.807) is 35.2 Å². The highest BCUT2D eigenvalue weighted by molar-refractivity contribution is 7.89. The van der Waals surface area contributed by atoms with Gasteiger partial charge in [0.25, 0.3) is 5.91 Å². The molecule has 1 aliphatic heterocycles. The zero-order chi connectivity index (χ0) is 20.6. The summed E-state index contributed by atoms with van der Waals surface area (Å²) in [6.45, 7) is 2.47. The number of hydrogen-bond donors (Lipinski definition) is 2. The van der Waals surface area contributed by atoms with Crippen molar-refractivity contribution in [1.29, 1.82) is 0 Å². The Morgan fingerprint density at radius 3 is 2.48 bits per heavy atom. The molecule has 7 nitrogen and oxygen atoms in total. The second-order valence-electron chi connectivity index (χ2n) is 7.49. The number of amides is 2. The van der Waals surface area contributed by atoms with Crippen LogP contribution in [0.2, 0.25) is 0 Å². The molecule has 1 fully saturated rings. The zero-order valence-electron chi connectivity index (χ0n) is 16.1. The Balaban J connectivity index is 1.38. The molecule has 0 bridgehead atoms. The first-order valence-corrected chi connectivity index (χ1v) is 11.1. The minimum Gasteiger partial charge on any atom is -0.348 e. The van der Waals surface area contributed by atoms with E-state index in [-0.39, 0.29) is 22.8 Å².